The summed E-state index contributed by atoms with van der Waals surface area (Å²) in [5, 5.41) is 3.46. The maximum Gasteiger partial charge on any atom is 0.135 e. The van der Waals surface area contributed by atoms with E-state index in [0.29, 0.717) is 17.8 Å². The first-order chi connectivity index (χ1) is 8.99. The molecule has 0 aromatic carbocycles. The van der Waals surface area contributed by atoms with Crippen LogP contribution in [0.1, 0.15) is 46.1 Å². The van der Waals surface area contributed by atoms with E-state index in [4.69, 9.17) is 5.73 Å². The molecule has 1 unspecified atom stereocenters. The predicted octanol–water partition coefficient (Wildman–Crippen LogP) is 2.32. The molecule has 0 bridgehead atoms. The maximum absolute atomic E-state index is 5.95. The molecule has 1 heterocycles. The lowest BCUT2D eigenvalue weighted by molar-refractivity contribution is 0.294. The van der Waals surface area contributed by atoms with Crippen molar-refractivity contribution in [1.82, 2.24) is 14.9 Å². The standard InChI is InChI=1S/C14H27N5/c1-6-19(7-2)8-11(5)18-14-12(10(3)4)13(15)16-9-17-14/h9-11H,6-8H2,1-5H3,(H3,15,16,17,18). The highest BCUT2D eigenvalue weighted by Crippen LogP contribution is 2.26. The van der Waals surface area contributed by atoms with Crippen molar-refractivity contribution in [3.8, 4) is 0 Å². The van der Waals surface area contributed by atoms with Gasteiger partial charge in [0, 0.05) is 18.2 Å². The second-order valence-electron chi connectivity index (χ2n) is 5.21. The summed E-state index contributed by atoms with van der Waals surface area (Å²) >= 11 is 0. The zero-order valence-corrected chi connectivity index (χ0v) is 12.8. The molecule has 19 heavy (non-hydrogen) atoms. The number of nitrogens with zero attached hydrogens (tertiary/aromatic N) is 3. The lowest BCUT2D eigenvalue weighted by Crippen LogP contribution is -2.35. The second-order valence-corrected chi connectivity index (χ2v) is 5.21. The van der Waals surface area contributed by atoms with Crippen LogP contribution >= 0.6 is 0 Å². The van der Waals surface area contributed by atoms with Crippen molar-refractivity contribution >= 4 is 11.6 Å². The lowest BCUT2D eigenvalue weighted by Gasteiger charge is -2.25. The maximum atomic E-state index is 5.95. The molecular weight excluding hydrogens is 238 g/mol. The van der Waals surface area contributed by atoms with Crippen LogP contribution in [0.5, 0.6) is 0 Å². The number of rotatable bonds is 7. The summed E-state index contributed by atoms with van der Waals surface area (Å²) in [4.78, 5) is 10.8. The quantitative estimate of drug-likeness (QED) is 0.792. The Morgan fingerprint density at radius 2 is 1.84 bits per heavy atom. The summed E-state index contributed by atoms with van der Waals surface area (Å²) in [6.45, 7) is 13.9. The predicted molar refractivity (Wildman–Crippen MR) is 81.4 cm³/mol. The third kappa shape index (κ3) is 4.35. The summed E-state index contributed by atoms with van der Waals surface area (Å²) in [6.07, 6.45) is 1.52. The molecule has 0 radical (unpaired) electrons. The van der Waals surface area contributed by atoms with Gasteiger partial charge in [0.25, 0.3) is 0 Å². The molecule has 5 nitrogen and oxygen atoms in total. The van der Waals surface area contributed by atoms with E-state index in [1.165, 1.54) is 6.33 Å². The minimum atomic E-state index is 0.310. The third-order valence-electron chi connectivity index (χ3n) is 3.30. The van der Waals surface area contributed by atoms with Crippen LogP contribution in [0.2, 0.25) is 0 Å². The number of nitrogens with two attached hydrogens (primary N) is 1. The number of likely N-dealkylation sites (N-methyl/N-ethyl adjacent to an activating group) is 1. The molecule has 0 saturated heterocycles. The SMILES string of the molecule is CCN(CC)CC(C)Nc1ncnc(N)c1C(C)C. The van der Waals surface area contributed by atoms with E-state index in [9.17, 15) is 0 Å². The van der Waals surface area contributed by atoms with Crippen molar-refractivity contribution in [3.63, 3.8) is 0 Å². The summed E-state index contributed by atoms with van der Waals surface area (Å²) < 4.78 is 0. The van der Waals surface area contributed by atoms with Crippen molar-refractivity contribution in [1.29, 1.82) is 0 Å². The second kappa shape index (κ2) is 7.28. The molecule has 0 fully saturated rings. The minimum absolute atomic E-state index is 0.310. The Kier molecular flexibility index (Phi) is 6.02. The van der Waals surface area contributed by atoms with Gasteiger partial charge in [0.1, 0.15) is 18.0 Å². The van der Waals surface area contributed by atoms with Gasteiger partial charge < -0.3 is 16.0 Å². The molecule has 108 valence electrons. The topological polar surface area (TPSA) is 67.1 Å². The molecule has 1 atom stereocenters. The van der Waals surface area contributed by atoms with Crippen molar-refractivity contribution in [3.05, 3.63) is 11.9 Å². The van der Waals surface area contributed by atoms with Gasteiger partial charge in [-0.25, -0.2) is 9.97 Å². The number of anilines is 2. The van der Waals surface area contributed by atoms with Gasteiger partial charge in [-0.15, -0.1) is 0 Å². The lowest BCUT2D eigenvalue weighted by atomic mass is 10.0. The highest BCUT2D eigenvalue weighted by Gasteiger charge is 2.15. The molecule has 0 spiro atoms. The zero-order valence-electron chi connectivity index (χ0n) is 12.8. The van der Waals surface area contributed by atoms with E-state index >= 15 is 0 Å². The number of hydrogen-bond donors (Lipinski definition) is 2. The van der Waals surface area contributed by atoms with Gasteiger partial charge in [0.15, 0.2) is 0 Å². The van der Waals surface area contributed by atoms with Crippen LogP contribution in [0.4, 0.5) is 11.6 Å². The molecule has 1 aromatic rings. The summed E-state index contributed by atoms with van der Waals surface area (Å²) in [5.74, 6) is 1.74. The van der Waals surface area contributed by atoms with E-state index in [1.807, 2.05) is 0 Å². The number of aromatic nitrogens is 2. The normalized spacial score (nSPS) is 13.0. The Balaban J connectivity index is 2.79. The van der Waals surface area contributed by atoms with Gasteiger partial charge in [-0.1, -0.05) is 27.7 Å². The number of nitrogens with one attached hydrogen (secondary N) is 1. The first-order valence-corrected chi connectivity index (χ1v) is 7.08. The average molecular weight is 265 g/mol. The van der Waals surface area contributed by atoms with Crippen molar-refractivity contribution in [2.45, 2.75) is 46.6 Å². The van der Waals surface area contributed by atoms with E-state index in [2.05, 4.69) is 54.8 Å². The van der Waals surface area contributed by atoms with Crippen LogP contribution in [-0.4, -0.2) is 40.5 Å². The van der Waals surface area contributed by atoms with E-state index in [-0.39, 0.29) is 0 Å². The van der Waals surface area contributed by atoms with Gasteiger partial charge >= 0.3 is 0 Å². The Bertz CT molecular complexity index is 387. The minimum Gasteiger partial charge on any atom is -0.383 e. The summed E-state index contributed by atoms with van der Waals surface area (Å²) in [5.41, 5.74) is 6.96. The van der Waals surface area contributed by atoms with Crippen molar-refractivity contribution in [2.75, 3.05) is 30.7 Å². The number of nitrogen functional groups attached to an aromatic ring is 1. The van der Waals surface area contributed by atoms with Crippen LogP contribution in [0.15, 0.2) is 6.33 Å². The third-order valence-corrected chi connectivity index (χ3v) is 3.30. The molecule has 1 aromatic heterocycles. The molecule has 1 rings (SSSR count). The summed E-state index contributed by atoms with van der Waals surface area (Å²) in [6, 6.07) is 0.326. The van der Waals surface area contributed by atoms with Gasteiger partial charge in [-0.05, 0) is 25.9 Å². The molecule has 0 aliphatic heterocycles. The zero-order chi connectivity index (χ0) is 14.4. The fraction of sp³-hybridized carbons (Fsp3) is 0.714. The Labute approximate surface area is 116 Å². The first-order valence-electron chi connectivity index (χ1n) is 7.08. The largest absolute Gasteiger partial charge is 0.383 e. The summed E-state index contributed by atoms with van der Waals surface area (Å²) in [7, 11) is 0. The molecular formula is C14H27N5. The smallest absolute Gasteiger partial charge is 0.135 e. The molecule has 5 heteroatoms. The van der Waals surface area contributed by atoms with Crippen LogP contribution in [-0.2, 0) is 0 Å². The van der Waals surface area contributed by atoms with Crippen LogP contribution < -0.4 is 11.1 Å². The Morgan fingerprint density at radius 1 is 1.21 bits per heavy atom. The van der Waals surface area contributed by atoms with E-state index in [0.717, 1.165) is 31.0 Å². The highest BCUT2D eigenvalue weighted by molar-refractivity contribution is 5.56. The first kappa shape index (κ1) is 15.7. The molecule has 0 aliphatic carbocycles. The van der Waals surface area contributed by atoms with E-state index < -0.39 is 0 Å². The molecule has 3 N–H and O–H groups in total. The fourth-order valence-electron chi connectivity index (χ4n) is 2.24. The van der Waals surface area contributed by atoms with Crippen LogP contribution in [0, 0.1) is 0 Å². The molecule has 0 aliphatic rings. The highest BCUT2D eigenvalue weighted by atomic mass is 15.2. The van der Waals surface area contributed by atoms with Crippen LogP contribution in [0.25, 0.3) is 0 Å². The van der Waals surface area contributed by atoms with Crippen molar-refractivity contribution in [2.24, 2.45) is 0 Å². The van der Waals surface area contributed by atoms with Gasteiger partial charge in [0.2, 0.25) is 0 Å². The Hall–Kier alpha value is -1.36. The van der Waals surface area contributed by atoms with E-state index in [1.54, 1.807) is 0 Å². The van der Waals surface area contributed by atoms with Gasteiger partial charge in [-0.3, -0.25) is 0 Å². The monoisotopic (exact) mass is 265 g/mol. The van der Waals surface area contributed by atoms with Crippen molar-refractivity contribution < 1.29 is 0 Å². The fourth-order valence-corrected chi connectivity index (χ4v) is 2.24. The van der Waals surface area contributed by atoms with Crippen LogP contribution in [0.3, 0.4) is 0 Å². The average Bonchev–Trinajstić information content (AvgIpc) is 2.35. The molecule has 0 saturated carbocycles. The van der Waals surface area contributed by atoms with Gasteiger partial charge in [-0.2, -0.15) is 0 Å². The Morgan fingerprint density at radius 3 is 2.37 bits per heavy atom. The number of hydrogen-bond acceptors (Lipinski definition) is 5. The van der Waals surface area contributed by atoms with Gasteiger partial charge in [0.05, 0.1) is 0 Å². The molecule has 0 amide bonds.